The highest BCUT2D eigenvalue weighted by Crippen LogP contribution is 2.23. The minimum atomic E-state index is -0.561. The minimum Gasteiger partial charge on any atom is -0.497 e. The van der Waals surface area contributed by atoms with E-state index in [1.165, 1.54) is 30.9 Å². The molecule has 0 aliphatic heterocycles. The number of benzene rings is 2. The molecule has 1 amide bonds. The molecule has 0 aliphatic rings. The van der Waals surface area contributed by atoms with Gasteiger partial charge >= 0.3 is 11.7 Å². The molecule has 0 fully saturated rings. The number of ether oxygens (including phenoxy) is 3. The second-order valence-corrected chi connectivity index (χ2v) is 9.15. The van der Waals surface area contributed by atoms with Crippen LogP contribution < -0.4 is 26.0 Å². The van der Waals surface area contributed by atoms with Crippen LogP contribution in [-0.4, -0.2) is 42.3 Å². The number of hydrogen-bond acceptors (Lipinski definition) is 8. The molecular formula is C26H25N3O7S. The number of fused-ring (bicyclic) bond motifs is 1. The van der Waals surface area contributed by atoms with Gasteiger partial charge in [0.25, 0.3) is 11.5 Å². The maximum atomic E-state index is 13.3. The summed E-state index contributed by atoms with van der Waals surface area (Å²) in [7, 11) is 5.81. The number of nitrogens with zero attached hydrogens (tertiary/aromatic N) is 2. The number of aryl methyl sites for hydroxylation is 1. The molecule has 4 aromatic rings. The van der Waals surface area contributed by atoms with Crippen LogP contribution in [0.2, 0.25) is 0 Å². The lowest BCUT2D eigenvalue weighted by Gasteiger charge is -2.11. The largest absolute Gasteiger partial charge is 0.497 e. The second-order valence-electron chi connectivity index (χ2n) is 8.12. The Morgan fingerprint density at radius 1 is 0.946 bits per heavy atom. The zero-order valence-corrected chi connectivity index (χ0v) is 21.5. The summed E-state index contributed by atoms with van der Waals surface area (Å²) in [4.78, 5) is 51.8. The van der Waals surface area contributed by atoms with Crippen LogP contribution in [-0.2, 0) is 24.9 Å². The van der Waals surface area contributed by atoms with Crippen LogP contribution in [0.4, 0.5) is 0 Å². The number of aromatic nitrogens is 2. The van der Waals surface area contributed by atoms with Crippen molar-refractivity contribution in [1.82, 2.24) is 14.5 Å². The molecule has 10 nitrogen and oxygen atoms in total. The van der Waals surface area contributed by atoms with Gasteiger partial charge in [0.15, 0.2) is 0 Å². The first-order valence-corrected chi connectivity index (χ1v) is 12.0. The molecule has 0 aliphatic carbocycles. The third-order valence-corrected chi connectivity index (χ3v) is 7.07. The summed E-state index contributed by atoms with van der Waals surface area (Å²) in [6.07, 6.45) is 0. The van der Waals surface area contributed by atoms with Crippen molar-refractivity contribution in [3.63, 3.8) is 0 Å². The predicted octanol–water partition coefficient (Wildman–Crippen LogP) is 2.54. The van der Waals surface area contributed by atoms with Crippen molar-refractivity contribution in [1.29, 1.82) is 0 Å². The molecule has 2 aromatic heterocycles. The maximum absolute atomic E-state index is 13.3. The van der Waals surface area contributed by atoms with Crippen LogP contribution in [0, 0.1) is 0 Å². The molecule has 0 unspecified atom stereocenters. The molecular weight excluding hydrogens is 498 g/mol. The Morgan fingerprint density at radius 3 is 2.30 bits per heavy atom. The number of carbonyl (C=O) groups excluding carboxylic acids is 2. The number of rotatable bonds is 8. The third-order valence-electron chi connectivity index (χ3n) is 5.86. The fourth-order valence-electron chi connectivity index (χ4n) is 3.84. The van der Waals surface area contributed by atoms with E-state index >= 15 is 0 Å². The van der Waals surface area contributed by atoms with Crippen LogP contribution >= 0.6 is 11.3 Å². The van der Waals surface area contributed by atoms with Gasteiger partial charge in [-0.05, 0) is 41.5 Å². The van der Waals surface area contributed by atoms with Gasteiger partial charge < -0.3 is 19.5 Å². The maximum Gasteiger partial charge on any atom is 0.341 e. The Morgan fingerprint density at radius 2 is 1.65 bits per heavy atom. The monoisotopic (exact) mass is 523 g/mol. The Hall–Kier alpha value is -4.38. The van der Waals surface area contributed by atoms with Crippen LogP contribution in [0.1, 0.15) is 31.2 Å². The van der Waals surface area contributed by atoms with Gasteiger partial charge in [0.05, 0.1) is 38.1 Å². The van der Waals surface area contributed by atoms with E-state index in [1.54, 1.807) is 38.4 Å². The van der Waals surface area contributed by atoms with E-state index in [-0.39, 0.29) is 29.2 Å². The highest BCUT2D eigenvalue weighted by molar-refractivity contribution is 7.20. The number of thiophene rings is 1. The Balaban J connectivity index is 1.62. The van der Waals surface area contributed by atoms with E-state index < -0.39 is 17.2 Å². The summed E-state index contributed by atoms with van der Waals surface area (Å²) < 4.78 is 17.6. The van der Waals surface area contributed by atoms with E-state index in [0.717, 1.165) is 27.2 Å². The van der Waals surface area contributed by atoms with E-state index in [9.17, 15) is 19.2 Å². The summed E-state index contributed by atoms with van der Waals surface area (Å²) in [6, 6.07) is 13.5. The average Bonchev–Trinajstić information content (AvgIpc) is 3.38. The summed E-state index contributed by atoms with van der Waals surface area (Å²) in [5, 5.41) is 3.10. The lowest BCUT2D eigenvalue weighted by Crippen LogP contribution is -2.38. The van der Waals surface area contributed by atoms with Gasteiger partial charge in [-0.1, -0.05) is 18.2 Å². The number of methoxy groups -OCH3 is 3. The van der Waals surface area contributed by atoms with Crippen LogP contribution in [0.5, 0.6) is 11.5 Å². The number of nitrogens with one attached hydrogen (secondary N) is 1. The van der Waals surface area contributed by atoms with Crippen LogP contribution in [0.15, 0.2) is 58.1 Å². The lowest BCUT2D eigenvalue weighted by atomic mass is 10.1. The highest BCUT2D eigenvalue weighted by atomic mass is 32.1. The number of esters is 1. The van der Waals surface area contributed by atoms with E-state index in [4.69, 9.17) is 14.2 Å². The summed E-state index contributed by atoms with van der Waals surface area (Å²) in [5.41, 5.74) is 0.655. The summed E-state index contributed by atoms with van der Waals surface area (Å²) in [5.74, 6) is 0.0730. The first kappa shape index (κ1) is 25.7. The fraction of sp³-hybridized carbons (Fsp3) is 0.231. The molecule has 0 saturated heterocycles. The van der Waals surface area contributed by atoms with Gasteiger partial charge in [-0.2, -0.15) is 0 Å². The summed E-state index contributed by atoms with van der Waals surface area (Å²) in [6.45, 7) is 0.248. The molecule has 0 saturated carbocycles. The van der Waals surface area contributed by atoms with Gasteiger partial charge in [0.2, 0.25) is 0 Å². The standard InChI is InChI=1S/C26H25N3O7S/c1-28-24-19(12-21(37-24)22(30)27-13-15-5-8-17(34-2)9-6-15)23(31)29(26(28)33)14-16-7-10-18(25(32)36-4)20(11-16)35-3/h5-12H,13-14H2,1-4H3,(H,27,30). The molecule has 2 aromatic carbocycles. The SMILES string of the molecule is COC(=O)c1ccc(Cn2c(=O)c3cc(C(=O)NCc4ccc(OC)cc4)sc3n(C)c2=O)cc1OC. The third kappa shape index (κ3) is 5.12. The first-order chi connectivity index (χ1) is 17.8. The molecule has 1 N–H and O–H groups in total. The van der Waals surface area contributed by atoms with Crippen molar-refractivity contribution in [3.05, 3.63) is 90.9 Å². The zero-order chi connectivity index (χ0) is 26.7. The van der Waals surface area contributed by atoms with E-state index in [2.05, 4.69) is 5.32 Å². The molecule has 4 rings (SSSR count). The highest BCUT2D eigenvalue weighted by Gasteiger charge is 2.19. The molecule has 0 spiro atoms. The lowest BCUT2D eigenvalue weighted by molar-refractivity contribution is 0.0597. The smallest absolute Gasteiger partial charge is 0.341 e. The van der Waals surface area contributed by atoms with Crippen molar-refractivity contribution in [3.8, 4) is 11.5 Å². The topological polar surface area (TPSA) is 118 Å². The van der Waals surface area contributed by atoms with Crippen LogP contribution in [0.25, 0.3) is 10.2 Å². The molecule has 37 heavy (non-hydrogen) atoms. The van der Waals surface area contributed by atoms with Gasteiger partial charge in [-0.15, -0.1) is 11.3 Å². The van der Waals surface area contributed by atoms with Crippen LogP contribution in [0.3, 0.4) is 0 Å². The number of carbonyl (C=O) groups is 2. The molecule has 0 atom stereocenters. The van der Waals surface area contributed by atoms with Crippen molar-refractivity contribution >= 4 is 33.4 Å². The van der Waals surface area contributed by atoms with Gasteiger partial charge in [0, 0.05) is 13.6 Å². The molecule has 11 heteroatoms. The minimum absolute atomic E-state index is 0.0475. The Labute approximate surface area is 215 Å². The average molecular weight is 524 g/mol. The van der Waals surface area contributed by atoms with Gasteiger partial charge in [0.1, 0.15) is 21.9 Å². The Kier molecular flexibility index (Phi) is 7.44. The molecule has 0 bridgehead atoms. The summed E-state index contributed by atoms with van der Waals surface area (Å²) >= 11 is 1.08. The number of hydrogen-bond donors (Lipinski definition) is 1. The zero-order valence-electron chi connectivity index (χ0n) is 20.7. The first-order valence-electron chi connectivity index (χ1n) is 11.2. The number of amides is 1. The van der Waals surface area contributed by atoms with E-state index in [0.29, 0.717) is 21.8 Å². The van der Waals surface area contributed by atoms with E-state index in [1.807, 2.05) is 12.1 Å². The van der Waals surface area contributed by atoms with Crippen molar-refractivity contribution in [2.75, 3.05) is 21.3 Å². The normalized spacial score (nSPS) is 10.8. The quantitative estimate of drug-likeness (QED) is 0.353. The molecule has 192 valence electrons. The Bertz CT molecular complexity index is 1600. The van der Waals surface area contributed by atoms with Crippen molar-refractivity contribution in [2.45, 2.75) is 13.1 Å². The van der Waals surface area contributed by atoms with Gasteiger partial charge in [-0.3, -0.25) is 18.7 Å². The fourth-order valence-corrected chi connectivity index (χ4v) is 4.86. The molecule has 2 heterocycles. The molecule has 0 radical (unpaired) electrons. The predicted molar refractivity (Wildman–Crippen MR) is 139 cm³/mol. The van der Waals surface area contributed by atoms with Crippen molar-refractivity contribution in [2.24, 2.45) is 7.05 Å². The van der Waals surface area contributed by atoms with Gasteiger partial charge in [-0.25, -0.2) is 9.59 Å². The second kappa shape index (κ2) is 10.7. The van der Waals surface area contributed by atoms with Crippen molar-refractivity contribution < 1.29 is 23.8 Å².